The standard InChI is InChI=1S/C19H20ClN5O2/c1-19(2)7-11-14(12(26)8-19)13(9-3-5-10(20)6-4-9)15-16(22-11)23-18(25-21)24-17(15)27/h3-6,13H,7-8,21H2,1-2H3,(H3,22,23,24,25,27). The highest BCUT2D eigenvalue weighted by molar-refractivity contribution is 6.30. The quantitative estimate of drug-likeness (QED) is 0.467. The number of carbonyl (C=O) groups excluding carboxylic acids is 1. The number of anilines is 2. The molecule has 1 aliphatic carbocycles. The third-order valence-electron chi connectivity index (χ3n) is 5.06. The molecule has 1 aromatic heterocycles. The number of hydrazine groups is 1. The Morgan fingerprint density at radius 3 is 2.59 bits per heavy atom. The van der Waals surface area contributed by atoms with E-state index in [2.05, 4.69) is 34.6 Å². The van der Waals surface area contributed by atoms with Gasteiger partial charge < -0.3 is 5.32 Å². The Morgan fingerprint density at radius 1 is 1.22 bits per heavy atom. The van der Waals surface area contributed by atoms with Crippen molar-refractivity contribution in [1.29, 1.82) is 0 Å². The molecule has 2 aromatic rings. The van der Waals surface area contributed by atoms with Gasteiger partial charge in [-0.15, -0.1) is 0 Å². The average molecular weight is 386 g/mol. The third-order valence-corrected chi connectivity index (χ3v) is 5.31. The topological polar surface area (TPSA) is 113 Å². The number of Topliss-reactive ketones (excluding diaryl/α,β-unsaturated/α-hetero) is 1. The number of rotatable bonds is 2. The van der Waals surface area contributed by atoms with Crippen molar-refractivity contribution in [3.63, 3.8) is 0 Å². The molecule has 0 saturated carbocycles. The summed E-state index contributed by atoms with van der Waals surface area (Å²) in [5.74, 6) is 5.53. The Hall–Kier alpha value is -2.64. The SMILES string of the molecule is CC1(C)CC(=O)C2=C(C1)Nc1nc(NN)[nH]c(=O)c1C2c1ccc(Cl)cc1. The van der Waals surface area contributed by atoms with Gasteiger partial charge in [0.2, 0.25) is 5.95 Å². The van der Waals surface area contributed by atoms with Gasteiger partial charge in [0.1, 0.15) is 5.82 Å². The van der Waals surface area contributed by atoms with Gasteiger partial charge in [0.05, 0.1) is 5.56 Å². The zero-order chi connectivity index (χ0) is 19.3. The van der Waals surface area contributed by atoms with Crippen LogP contribution in [-0.4, -0.2) is 15.8 Å². The number of nitrogens with two attached hydrogens (primary N) is 1. The molecule has 1 aromatic carbocycles. The van der Waals surface area contributed by atoms with Crippen LogP contribution in [0.15, 0.2) is 40.3 Å². The number of nitrogens with one attached hydrogen (secondary N) is 3. The molecule has 0 saturated heterocycles. The van der Waals surface area contributed by atoms with Gasteiger partial charge in [-0.1, -0.05) is 37.6 Å². The monoisotopic (exact) mass is 385 g/mol. The summed E-state index contributed by atoms with van der Waals surface area (Å²) in [4.78, 5) is 32.9. The number of ketones is 1. The fourth-order valence-electron chi connectivity index (χ4n) is 3.97. The maximum atomic E-state index is 13.1. The Balaban J connectivity index is 1.97. The lowest BCUT2D eigenvalue weighted by molar-refractivity contribution is -0.118. The number of aromatic nitrogens is 2. The minimum Gasteiger partial charge on any atom is -0.343 e. The molecule has 5 N–H and O–H groups in total. The number of nitrogens with zero attached hydrogens (tertiary/aromatic N) is 1. The van der Waals surface area contributed by atoms with E-state index in [9.17, 15) is 9.59 Å². The number of fused-ring (bicyclic) bond motifs is 1. The van der Waals surface area contributed by atoms with Crippen LogP contribution in [0.1, 0.15) is 43.7 Å². The molecule has 8 heteroatoms. The lowest BCUT2D eigenvalue weighted by Gasteiger charge is -2.38. The first-order valence-electron chi connectivity index (χ1n) is 8.68. The van der Waals surface area contributed by atoms with Gasteiger partial charge in [0.15, 0.2) is 5.78 Å². The summed E-state index contributed by atoms with van der Waals surface area (Å²) in [6, 6.07) is 7.20. The maximum Gasteiger partial charge on any atom is 0.258 e. The fraction of sp³-hybridized carbons (Fsp3) is 0.316. The van der Waals surface area contributed by atoms with Crippen LogP contribution < -0.4 is 22.1 Å². The number of aromatic amines is 1. The zero-order valence-electron chi connectivity index (χ0n) is 15.0. The normalized spacial score (nSPS) is 20.6. The van der Waals surface area contributed by atoms with Crippen LogP contribution in [0.5, 0.6) is 0 Å². The van der Waals surface area contributed by atoms with E-state index in [1.807, 2.05) is 12.1 Å². The molecule has 1 atom stereocenters. The third kappa shape index (κ3) is 3.02. The molecular weight excluding hydrogens is 366 g/mol. The summed E-state index contributed by atoms with van der Waals surface area (Å²) in [5, 5.41) is 3.81. The molecular formula is C19H20ClN5O2. The molecule has 0 spiro atoms. The summed E-state index contributed by atoms with van der Waals surface area (Å²) < 4.78 is 0. The number of hydrogen-bond acceptors (Lipinski definition) is 6. The lowest BCUT2D eigenvalue weighted by atomic mass is 9.69. The molecule has 1 unspecified atom stereocenters. The smallest absolute Gasteiger partial charge is 0.258 e. The lowest BCUT2D eigenvalue weighted by Crippen LogP contribution is -2.37. The van der Waals surface area contributed by atoms with Gasteiger partial charge in [-0.25, -0.2) is 5.84 Å². The largest absolute Gasteiger partial charge is 0.343 e. The van der Waals surface area contributed by atoms with Crippen LogP contribution in [-0.2, 0) is 4.79 Å². The summed E-state index contributed by atoms with van der Waals surface area (Å²) in [6.07, 6.45) is 1.12. The van der Waals surface area contributed by atoms with Crippen LogP contribution in [0.2, 0.25) is 5.02 Å². The average Bonchev–Trinajstić information content (AvgIpc) is 2.59. The number of benzene rings is 1. The van der Waals surface area contributed by atoms with Gasteiger partial charge in [-0.3, -0.25) is 20.0 Å². The Morgan fingerprint density at radius 2 is 1.93 bits per heavy atom. The van der Waals surface area contributed by atoms with E-state index in [0.29, 0.717) is 34.8 Å². The van der Waals surface area contributed by atoms with E-state index in [4.69, 9.17) is 17.4 Å². The number of allylic oxidation sites excluding steroid dienone is 2. The van der Waals surface area contributed by atoms with E-state index >= 15 is 0 Å². The van der Waals surface area contributed by atoms with Crippen LogP contribution in [0.3, 0.4) is 0 Å². The molecule has 0 bridgehead atoms. The van der Waals surface area contributed by atoms with E-state index in [1.54, 1.807) is 12.1 Å². The summed E-state index contributed by atoms with van der Waals surface area (Å²) in [5.41, 5.74) is 4.53. The Labute approximate surface area is 161 Å². The van der Waals surface area contributed by atoms with Gasteiger partial charge >= 0.3 is 0 Å². The van der Waals surface area contributed by atoms with Crippen LogP contribution in [0.25, 0.3) is 0 Å². The van der Waals surface area contributed by atoms with Crippen molar-refractivity contribution in [2.75, 3.05) is 10.7 Å². The molecule has 0 amide bonds. The van der Waals surface area contributed by atoms with Crippen molar-refractivity contribution >= 4 is 29.2 Å². The number of H-pyrrole nitrogens is 1. The highest BCUT2D eigenvalue weighted by Gasteiger charge is 2.42. The van der Waals surface area contributed by atoms with Crippen molar-refractivity contribution in [2.24, 2.45) is 11.3 Å². The van der Waals surface area contributed by atoms with E-state index in [0.717, 1.165) is 11.3 Å². The minimum atomic E-state index is -0.500. The van der Waals surface area contributed by atoms with E-state index < -0.39 is 5.92 Å². The predicted molar refractivity (Wildman–Crippen MR) is 105 cm³/mol. The molecule has 0 fully saturated rings. The first kappa shape index (κ1) is 17.8. The number of halogens is 1. The highest BCUT2D eigenvalue weighted by Crippen LogP contribution is 2.47. The summed E-state index contributed by atoms with van der Waals surface area (Å²) >= 11 is 6.03. The molecule has 7 nitrogen and oxygen atoms in total. The number of hydrogen-bond donors (Lipinski definition) is 4. The van der Waals surface area contributed by atoms with Crippen molar-refractivity contribution in [3.8, 4) is 0 Å². The molecule has 0 radical (unpaired) electrons. The van der Waals surface area contributed by atoms with Gasteiger partial charge in [0, 0.05) is 28.6 Å². The van der Waals surface area contributed by atoms with E-state index in [-0.39, 0.29) is 22.7 Å². The minimum absolute atomic E-state index is 0.0415. The highest BCUT2D eigenvalue weighted by atomic mass is 35.5. The van der Waals surface area contributed by atoms with Gasteiger partial charge in [-0.2, -0.15) is 4.98 Å². The molecule has 1 aliphatic heterocycles. The van der Waals surface area contributed by atoms with Gasteiger partial charge in [0.25, 0.3) is 5.56 Å². The van der Waals surface area contributed by atoms with Crippen LogP contribution in [0.4, 0.5) is 11.8 Å². The molecule has 27 heavy (non-hydrogen) atoms. The summed E-state index contributed by atoms with van der Waals surface area (Å²) in [7, 11) is 0. The van der Waals surface area contributed by atoms with Crippen molar-refractivity contribution in [3.05, 3.63) is 62.0 Å². The fourth-order valence-corrected chi connectivity index (χ4v) is 4.10. The van der Waals surface area contributed by atoms with Crippen LogP contribution >= 0.6 is 11.6 Å². The molecule has 140 valence electrons. The van der Waals surface area contributed by atoms with E-state index in [1.165, 1.54) is 0 Å². The van der Waals surface area contributed by atoms with Crippen molar-refractivity contribution < 1.29 is 4.79 Å². The molecule has 2 heterocycles. The maximum absolute atomic E-state index is 13.1. The second-order valence-corrected chi connectivity index (χ2v) is 8.20. The summed E-state index contributed by atoms with van der Waals surface area (Å²) in [6.45, 7) is 4.11. The van der Waals surface area contributed by atoms with Crippen molar-refractivity contribution in [2.45, 2.75) is 32.6 Å². The Bertz CT molecular complexity index is 1020. The first-order chi connectivity index (χ1) is 12.8. The Kier molecular flexibility index (Phi) is 4.09. The molecule has 2 aliphatic rings. The second kappa shape index (κ2) is 6.21. The first-order valence-corrected chi connectivity index (χ1v) is 9.06. The van der Waals surface area contributed by atoms with Crippen LogP contribution in [0, 0.1) is 5.41 Å². The van der Waals surface area contributed by atoms with Crippen molar-refractivity contribution in [1.82, 2.24) is 9.97 Å². The predicted octanol–water partition coefficient (Wildman–Crippen LogP) is 2.91. The second-order valence-electron chi connectivity index (χ2n) is 7.76. The number of nitrogen functional groups attached to an aromatic ring is 1. The number of carbonyl (C=O) groups is 1. The zero-order valence-corrected chi connectivity index (χ0v) is 15.8. The molecule has 4 rings (SSSR count). The van der Waals surface area contributed by atoms with Gasteiger partial charge in [-0.05, 0) is 29.5 Å².